The fraction of sp³-hybridized carbons (Fsp3) is 0.880. The first-order valence-corrected chi connectivity index (χ1v) is 12.3. The van der Waals surface area contributed by atoms with E-state index in [9.17, 15) is 29.7 Å². The van der Waals surface area contributed by atoms with Gasteiger partial charge in [-0.15, -0.1) is 0 Å². The van der Waals surface area contributed by atoms with E-state index in [1.54, 1.807) is 0 Å². The molecule has 1 unspecified atom stereocenters. The molecular weight excluding hydrogens is 396 g/mol. The molecule has 0 radical (unpaired) electrons. The van der Waals surface area contributed by atoms with Crippen LogP contribution in [0, 0.1) is 0 Å². The van der Waals surface area contributed by atoms with Gasteiger partial charge < -0.3 is 15.3 Å². The fourth-order valence-corrected chi connectivity index (χ4v) is 4.10. The van der Waals surface area contributed by atoms with Crippen LogP contribution < -0.4 is 0 Å². The number of aliphatic hydroxyl groups excluding tert-OH is 1. The molecule has 0 aliphatic carbocycles. The van der Waals surface area contributed by atoms with E-state index in [0.717, 1.165) is 33.1 Å². The Hall–Kier alpha value is -1.11. The van der Waals surface area contributed by atoms with E-state index in [-0.39, 0.29) is 6.42 Å². The number of Topliss-reactive ketones (excluding diaryl/α,β-unsaturated/α-hetero) is 3. The largest absolute Gasteiger partial charge is 0.393 e. The topological polar surface area (TPSA) is 112 Å². The Morgan fingerprint density at radius 1 is 0.613 bits per heavy atom. The van der Waals surface area contributed by atoms with Crippen LogP contribution in [-0.4, -0.2) is 50.5 Å². The van der Waals surface area contributed by atoms with E-state index >= 15 is 0 Å². The lowest BCUT2D eigenvalue weighted by Gasteiger charge is -2.37. The summed E-state index contributed by atoms with van der Waals surface area (Å²) < 4.78 is 0. The Kier molecular flexibility index (Phi) is 15.9. The minimum absolute atomic E-state index is 0.0990. The third-order valence-corrected chi connectivity index (χ3v) is 6.32. The summed E-state index contributed by atoms with van der Waals surface area (Å²) in [6, 6.07) is 0. The second-order valence-electron chi connectivity index (χ2n) is 8.96. The van der Waals surface area contributed by atoms with Crippen LogP contribution in [0.1, 0.15) is 124 Å². The third kappa shape index (κ3) is 9.92. The molecule has 0 aromatic heterocycles. The Morgan fingerprint density at radius 3 is 1.23 bits per heavy atom. The zero-order valence-corrected chi connectivity index (χ0v) is 20.1. The van der Waals surface area contributed by atoms with Gasteiger partial charge in [0, 0.05) is 6.42 Å². The highest BCUT2D eigenvalue weighted by Crippen LogP contribution is 2.28. The summed E-state index contributed by atoms with van der Waals surface area (Å²) in [5.41, 5.74) is -5.70. The van der Waals surface area contributed by atoms with Gasteiger partial charge in [0.05, 0.1) is 6.61 Å². The average molecular weight is 443 g/mol. The second-order valence-corrected chi connectivity index (χ2v) is 8.96. The molecule has 0 heterocycles. The normalized spacial score (nSPS) is 13.7. The number of unbranched alkanes of at least 4 members (excludes halogenated alkanes) is 14. The van der Waals surface area contributed by atoms with Crippen molar-refractivity contribution in [3.63, 3.8) is 0 Å². The molecule has 0 aliphatic heterocycles. The Labute approximate surface area is 188 Å². The van der Waals surface area contributed by atoms with Gasteiger partial charge in [-0.05, 0) is 20.3 Å². The van der Waals surface area contributed by atoms with Gasteiger partial charge in [0.2, 0.25) is 5.60 Å². The molecule has 0 rings (SSSR count). The van der Waals surface area contributed by atoms with Crippen molar-refractivity contribution in [3.8, 4) is 0 Å². The fourth-order valence-electron chi connectivity index (χ4n) is 4.10. The number of rotatable bonds is 21. The molecule has 182 valence electrons. The number of hydrogen-bond acceptors (Lipinski definition) is 6. The van der Waals surface area contributed by atoms with Crippen molar-refractivity contribution >= 4 is 17.3 Å². The minimum atomic E-state index is -2.91. The summed E-state index contributed by atoms with van der Waals surface area (Å²) in [6.07, 6.45) is 17.6. The van der Waals surface area contributed by atoms with Gasteiger partial charge in [-0.25, -0.2) is 0 Å². The second kappa shape index (κ2) is 16.5. The molecule has 0 aromatic rings. The number of hydrogen-bond donors (Lipinski definition) is 3. The molecule has 31 heavy (non-hydrogen) atoms. The maximum absolute atomic E-state index is 12.4. The first-order valence-electron chi connectivity index (χ1n) is 12.3. The highest BCUT2D eigenvalue weighted by molar-refractivity contribution is 6.14. The summed E-state index contributed by atoms with van der Waals surface area (Å²) in [5, 5.41) is 30.3. The van der Waals surface area contributed by atoms with E-state index in [1.807, 2.05) is 0 Å². The molecule has 0 fully saturated rings. The lowest BCUT2D eigenvalue weighted by atomic mass is 9.74. The SMILES string of the molecule is CCCCCCCCCCCCCCCCCC(=O)C(O)(CO)C(O)(C(C)=O)C(C)=O. The lowest BCUT2D eigenvalue weighted by Crippen LogP contribution is -2.68. The van der Waals surface area contributed by atoms with Gasteiger partial charge in [0.25, 0.3) is 0 Å². The predicted octanol–water partition coefficient (Wildman–Crippen LogP) is 4.45. The first kappa shape index (κ1) is 29.9. The molecule has 0 bridgehead atoms. The van der Waals surface area contributed by atoms with Gasteiger partial charge in [-0.1, -0.05) is 96.8 Å². The summed E-state index contributed by atoms with van der Waals surface area (Å²) in [4.78, 5) is 35.9. The van der Waals surface area contributed by atoms with Crippen LogP contribution in [0.4, 0.5) is 0 Å². The first-order chi connectivity index (χ1) is 14.7. The molecule has 1 atom stereocenters. The molecule has 0 spiro atoms. The molecule has 6 heteroatoms. The highest BCUT2D eigenvalue weighted by Gasteiger charge is 2.60. The average Bonchev–Trinajstić information content (AvgIpc) is 2.74. The van der Waals surface area contributed by atoms with Crippen molar-refractivity contribution in [1.29, 1.82) is 0 Å². The predicted molar refractivity (Wildman–Crippen MR) is 123 cm³/mol. The van der Waals surface area contributed by atoms with Crippen LogP contribution in [0.5, 0.6) is 0 Å². The van der Waals surface area contributed by atoms with Crippen LogP contribution >= 0.6 is 0 Å². The minimum Gasteiger partial charge on any atom is -0.393 e. The van der Waals surface area contributed by atoms with Crippen molar-refractivity contribution in [3.05, 3.63) is 0 Å². The van der Waals surface area contributed by atoms with Gasteiger partial charge in [-0.3, -0.25) is 14.4 Å². The maximum Gasteiger partial charge on any atom is 0.219 e. The van der Waals surface area contributed by atoms with Gasteiger partial charge in [-0.2, -0.15) is 0 Å². The van der Waals surface area contributed by atoms with Gasteiger partial charge >= 0.3 is 0 Å². The van der Waals surface area contributed by atoms with E-state index in [1.165, 1.54) is 70.6 Å². The highest BCUT2D eigenvalue weighted by atomic mass is 16.4. The monoisotopic (exact) mass is 442 g/mol. The summed E-state index contributed by atoms with van der Waals surface area (Å²) in [7, 11) is 0. The third-order valence-electron chi connectivity index (χ3n) is 6.32. The Morgan fingerprint density at radius 2 is 0.935 bits per heavy atom. The number of ketones is 3. The Balaban J connectivity index is 3.95. The van der Waals surface area contributed by atoms with Crippen LogP contribution in [0.2, 0.25) is 0 Å². The van der Waals surface area contributed by atoms with Crippen molar-refractivity contribution in [2.24, 2.45) is 0 Å². The van der Waals surface area contributed by atoms with Gasteiger partial charge in [0.15, 0.2) is 23.0 Å². The standard InChI is InChI=1S/C25H46O6/c1-4-5-6-7-8-9-10-11-12-13-14-15-16-17-18-19-23(29)24(30,20-26)25(31,21(2)27)22(3)28/h26,30-31H,4-20H2,1-3H3. The van der Waals surface area contributed by atoms with E-state index in [0.29, 0.717) is 6.42 Å². The summed E-state index contributed by atoms with van der Waals surface area (Å²) in [6.45, 7) is 2.90. The molecule has 0 amide bonds. The van der Waals surface area contributed by atoms with Crippen LogP contribution in [0.3, 0.4) is 0 Å². The van der Waals surface area contributed by atoms with Crippen molar-refractivity contribution in [2.75, 3.05) is 6.61 Å². The molecule has 6 nitrogen and oxygen atoms in total. The maximum atomic E-state index is 12.4. The smallest absolute Gasteiger partial charge is 0.219 e. The van der Waals surface area contributed by atoms with Crippen molar-refractivity contribution in [1.82, 2.24) is 0 Å². The molecule has 3 N–H and O–H groups in total. The molecule has 0 aliphatic rings. The number of aliphatic hydroxyl groups is 3. The van der Waals surface area contributed by atoms with Crippen LogP contribution in [-0.2, 0) is 14.4 Å². The summed E-state index contributed by atoms with van der Waals surface area (Å²) in [5.74, 6) is -2.99. The molecule has 0 saturated carbocycles. The summed E-state index contributed by atoms with van der Waals surface area (Å²) >= 11 is 0. The Bertz CT molecular complexity index is 516. The lowest BCUT2D eigenvalue weighted by molar-refractivity contribution is -0.192. The number of carbonyl (C=O) groups excluding carboxylic acids is 3. The van der Waals surface area contributed by atoms with Crippen LogP contribution in [0.25, 0.3) is 0 Å². The molecular formula is C25H46O6. The quantitative estimate of drug-likeness (QED) is 0.179. The molecule has 0 aromatic carbocycles. The van der Waals surface area contributed by atoms with E-state index in [4.69, 9.17) is 0 Å². The molecule has 0 saturated heterocycles. The number of carbonyl (C=O) groups is 3. The van der Waals surface area contributed by atoms with E-state index < -0.39 is 35.2 Å². The van der Waals surface area contributed by atoms with Gasteiger partial charge in [0.1, 0.15) is 0 Å². The van der Waals surface area contributed by atoms with Crippen molar-refractivity contribution < 1.29 is 29.7 Å². The van der Waals surface area contributed by atoms with Crippen LogP contribution in [0.15, 0.2) is 0 Å². The zero-order valence-electron chi connectivity index (χ0n) is 20.1. The van der Waals surface area contributed by atoms with E-state index in [2.05, 4.69) is 6.92 Å². The van der Waals surface area contributed by atoms with Crippen molar-refractivity contribution in [2.45, 2.75) is 135 Å². The zero-order chi connectivity index (χ0) is 23.8.